The molecule has 18 heavy (non-hydrogen) atoms. The summed E-state index contributed by atoms with van der Waals surface area (Å²) >= 11 is 0. The minimum atomic E-state index is -0.117. The van der Waals surface area contributed by atoms with E-state index >= 15 is 0 Å². The third-order valence-electron chi connectivity index (χ3n) is 3.06. The molecular formula is C12H14N2O4. The van der Waals surface area contributed by atoms with Crippen LogP contribution in [0.1, 0.15) is 0 Å². The molecular weight excluding hydrogens is 236 g/mol. The van der Waals surface area contributed by atoms with Crippen molar-refractivity contribution in [3.63, 3.8) is 0 Å². The SMILES string of the molecule is NCC1CN(c2ccc3c(c2)OCO3)C(=O)CO1. The van der Waals surface area contributed by atoms with E-state index in [9.17, 15) is 4.79 Å². The van der Waals surface area contributed by atoms with Crippen LogP contribution in [-0.2, 0) is 9.53 Å². The Morgan fingerprint density at radius 2 is 2.17 bits per heavy atom. The molecule has 2 aliphatic heterocycles. The predicted molar refractivity (Wildman–Crippen MR) is 63.7 cm³/mol. The van der Waals surface area contributed by atoms with Crippen LogP contribution in [-0.4, -0.2) is 38.5 Å². The Morgan fingerprint density at radius 3 is 3.00 bits per heavy atom. The average Bonchev–Trinajstić information content (AvgIpc) is 2.86. The van der Waals surface area contributed by atoms with E-state index < -0.39 is 0 Å². The van der Waals surface area contributed by atoms with E-state index in [0.29, 0.717) is 24.6 Å². The number of nitrogens with zero attached hydrogens (tertiary/aromatic N) is 1. The van der Waals surface area contributed by atoms with Crippen molar-refractivity contribution in [3.05, 3.63) is 18.2 Å². The molecule has 0 spiro atoms. The van der Waals surface area contributed by atoms with Crippen molar-refractivity contribution in [2.45, 2.75) is 6.10 Å². The Labute approximate surface area is 104 Å². The van der Waals surface area contributed by atoms with Crippen molar-refractivity contribution in [2.75, 3.05) is 31.4 Å². The van der Waals surface area contributed by atoms with E-state index in [2.05, 4.69) is 0 Å². The number of carbonyl (C=O) groups is 1. The number of ether oxygens (including phenoxy) is 3. The molecule has 1 amide bonds. The van der Waals surface area contributed by atoms with Crippen LogP contribution in [0.25, 0.3) is 0 Å². The molecule has 1 saturated heterocycles. The van der Waals surface area contributed by atoms with Gasteiger partial charge in [0.2, 0.25) is 6.79 Å². The second-order valence-corrected chi connectivity index (χ2v) is 4.21. The molecule has 1 atom stereocenters. The molecule has 0 saturated carbocycles. The third-order valence-corrected chi connectivity index (χ3v) is 3.06. The number of hydrogen-bond acceptors (Lipinski definition) is 5. The van der Waals surface area contributed by atoms with E-state index in [4.69, 9.17) is 19.9 Å². The lowest BCUT2D eigenvalue weighted by Crippen LogP contribution is -2.49. The Balaban J connectivity index is 1.86. The number of nitrogens with two attached hydrogens (primary N) is 1. The number of morpholine rings is 1. The molecule has 1 aromatic carbocycles. The van der Waals surface area contributed by atoms with Gasteiger partial charge in [-0.05, 0) is 12.1 Å². The molecule has 2 heterocycles. The number of hydrogen-bond donors (Lipinski definition) is 1. The number of rotatable bonds is 2. The summed E-state index contributed by atoms with van der Waals surface area (Å²) in [6, 6.07) is 5.45. The molecule has 1 unspecified atom stereocenters. The van der Waals surface area contributed by atoms with Crippen LogP contribution in [0.5, 0.6) is 11.5 Å². The van der Waals surface area contributed by atoms with Crippen LogP contribution in [0.4, 0.5) is 5.69 Å². The fraction of sp³-hybridized carbons (Fsp3) is 0.417. The summed E-state index contributed by atoms with van der Waals surface area (Å²) < 4.78 is 15.9. The normalized spacial score (nSPS) is 22.4. The van der Waals surface area contributed by atoms with Gasteiger partial charge in [0.25, 0.3) is 5.91 Å². The minimum absolute atomic E-state index is 0.0658. The molecule has 96 valence electrons. The molecule has 1 aromatic rings. The average molecular weight is 250 g/mol. The monoisotopic (exact) mass is 250 g/mol. The van der Waals surface area contributed by atoms with E-state index in [1.54, 1.807) is 17.0 Å². The summed E-state index contributed by atoms with van der Waals surface area (Å²) in [4.78, 5) is 13.5. The Morgan fingerprint density at radius 1 is 1.33 bits per heavy atom. The summed E-state index contributed by atoms with van der Waals surface area (Å²) in [5, 5.41) is 0. The van der Waals surface area contributed by atoms with Gasteiger partial charge in [0.05, 0.1) is 12.6 Å². The molecule has 3 rings (SSSR count). The maximum Gasteiger partial charge on any atom is 0.253 e. The van der Waals surface area contributed by atoms with E-state index in [0.717, 1.165) is 5.69 Å². The van der Waals surface area contributed by atoms with Gasteiger partial charge >= 0.3 is 0 Å². The first kappa shape index (κ1) is 11.3. The van der Waals surface area contributed by atoms with Gasteiger partial charge in [-0.2, -0.15) is 0 Å². The highest BCUT2D eigenvalue weighted by atomic mass is 16.7. The van der Waals surface area contributed by atoms with E-state index in [1.807, 2.05) is 6.07 Å². The quantitative estimate of drug-likeness (QED) is 0.806. The van der Waals surface area contributed by atoms with Gasteiger partial charge in [0.1, 0.15) is 6.61 Å². The zero-order valence-electron chi connectivity index (χ0n) is 9.80. The van der Waals surface area contributed by atoms with Gasteiger partial charge < -0.3 is 24.8 Å². The maximum atomic E-state index is 11.8. The lowest BCUT2D eigenvalue weighted by atomic mass is 10.2. The zero-order chi connectivity index (χ0) is 12.5. The van der Waals surface area contributed by atoms with Gasteiger partial charge in [-0.1, -0.05) is 0 Å². The number of anilines is 1. The molecule has 0 aromatic heterocycles. The maximum absolute atomic E-state index is 11.8. The third kappa shape index (κ3) is 1.89. The number of fused-ring (bicyclic) bond motifs is 1. The second kappa shape index (κ2) is 4.47. The van der Waals surface area contributed by atoms with Crippen LogP contribution in [0.15, 0.2) is 18.2 Å². The summed E-state index contributed by atoms with van der Waals surface area (Å²) in [6.45, 7) is 1.15. The number of carbonyl (C=O) groups excluding carboxylic acids is 1. The van der Waals surface area contributed by atoms with Crippen LogP contribution >= 0.6 is 0 Å². The van der Waals surface area contributed by atoms with Gasteiger partial charge in [-0.3, -0.25) is 4.79 Å². The molecule has 6 heteroatoms. The van der Waals surface area contributed by atoms with Crippen molar-refractivity contribution in [1.29, 1.82) is 0 Å². The molecule has 6 nitrogen and oxygen atoms in total. The fourth-order valence-electron chi connectivity index (χ4n) is 2.07. The van der Waals surface area contributed by atoms with Crippen molar-refractivity contribution < 1.29 is 19.0 Å². The predicted octanol–water partition coefficient (Wildman–Crippen LogP) is 0.106. The summed E-state index contributed by atoms with van der Waals surface area (Å²) in [7, 11) is 0. The zero-order valence-corrected chi connectivity index (χ0v) is 9.80. The molecule has 0 aliphatic carbocycles. The van der Waals surface area contributed by atoms with Gasteiger partial charge in [0, 0.05) is 18.3 Å². The van der Waals surface area contributed by atoms with Crippen molar-refractivity contribution >= 4 is 11.6 Å². The minimum Gasteiger partial charge on any atom is -0.454 e. The van der Waals surface area contributed by atoms with Gasteiger partial charge in [0.15, 0.2) is 11.5 Å². The topological polar surface area (TPSA) is 74.0 Å². The second-order valence-electron chi connectivity index (χ2n) is 4.21. The summed E-state index contributed by atoms with van der Waals surface area (Å²) in [5.74, 6) is 1.30. The lowest BCUT2D eigenvalue weighted by Gasteiger charge is -2.32. The summed E-state index contributed by atoms with van der Waals surface area (Å²) in [6.07, 6.45) is -0.117. The number of amides is 1. The van der Waals surface area contributed by atoms with Gasteiger partial charge in [-0.25, -0.2) is 0 Å². The summed E-state index contributed by atoms with van der Waals surface area (Å²) in [5.41, 5.74) is 6.35. The Hall–Kier alpha value is -1.79. The molecule has 0 bridgehead atoms. The highest BCUT2D eigenvalue weighted by Crippen LogP contribution is 2.35. The number of benzene rings is 1. The van der Waals surface area contributed by atoms with E-state index in [-0.39, 0.29) is 25.4 Å². The van der Waals surface area contributed by atoms with Crippen LogP contribution in [0.3, 0.4) is 0 Å². The van der Waals surface area contributed by atoms with Gasteiger partial charge in [-0.15, -0.1) is 0 Å². The first-order valence-electron chi connectivity index (χ1n) is 5.79. The molecule has 2 N–H and O–H groups in total. The highest BCUT2D eigenvalue weighted by molar-refractivity contribution is 5.95. The highest BCUT2D eigenvalue weighted by Gasteiger charge is 2.27. The first-order chi connectivity index (χ1) is 8.78. The van der Waals surface area contributed by atoms with Crippen molar-refractivity contribution in [3.8, 4) is 11.5 Å². The van der Waals surface area contributed by atoms with Crippen molar-refractivity contribution in [2.24, 2.45) is 5.73 Å². The first-order valence-corrected chi connectivity index (χ1v) is 5.79. The van der Waals surface area contributed by atoms with Crippen LogP contribution in [0.2, 0.25) is 0 Å². The molecule has 1 fully saturated rings. The fourth-order valence-corrected chi connectivity index (χ4v) is 2.07. The van der Waals surface area contributed by atoms with E-state index in [1.165, 1.54) is 0 Å². The van der Waals surface area contributed by atoms with Crippen molar-refractivity contribution in [1.82, 2.24) is 0 Å². The Bertz CT molecular complexity index is 477. The van der Waals surface area contributed by atoms with Crippen LogP contribution < -0.4 is 20.1 Å². The standard InChI is InChI=1S/C12H14N2O4/c13-4-9-5-14(12(15)6-16-9)8-1-2-10-11(3-8)18-7-17-10/h1-3,9H,4-7,13H2. The lowest BCUT2D eigenvalue weighted by molar-refractivity contribution is -0.128. The largest absolute Gasteiger partial charge is 0.454 e. The smallest absolute Gasteiger partial charge is 0.253 e. The van der Waals surface area contributed by atoms with Crippen LogP contribution in [0, 0.1) is 0 Å². The molecule has 0 radical (unpaired) electrons. The Kier molecular flexibility index (Phi) is 2.81. The molecule has 2 aliphatic rings.